The van der Waals surface area contributed by atoms with E-state index in [1.54, 1.807) is 32.9 Å². The zero-order valence-corrected chi connectivity index (χ0v) is 27.2. The molecule has 6 N–H and O–H groups in total. The molecule has 0 radical (unpaired) electrons. The van der Waals surface area contributed by atoms with Crippen LogP contribution in [0.15, 0.2) is 54.6 Å². The molecule has 0 saturated carbocycles. The Kier molecular flexibility index (Phi) is 13.2. The summed E-state index contributed by atoms with van der Waals surface area (Å²) in [7, 11) is 0. The summed E-state index contributed by atoms with van der Waals surface area (Å²) in [5, 5.41) is 8.19. The van der Waals surface area contributed by atoms with Crippen LogP contribution in [0.25, 0.3) is 0 Å². The standard InChI is InChI=1S/C33H49N5O6/c1-21(2)18-25(35-29(40)26(19-22-12-10-9-11-13-22)37-31(42)44-33(6,7)8)28(39)36-27(30(41)38-34)20-23-14-16-24(17-15-23)43-32(3,4)5/h9-17,21,25-27H,18-20,34H2,1-8H3,(H,35,40)(H,36,39)(H,37,42)(H,38,41). The lowest BCUT2D eigenvalue weighted by molar-refractivity contribution is -0.133. The number of amides is 4. The van der Waals surface area contributed by atoms with Crippen LogP contribution in [0.3, 0.4) is 0 Å². The zero-order chi connectivity index (χ0) is 33.1. The number of carbonyl (C=O) groups excluding carboxylic acids is 4. The van der Waals surface area contributed by atoms with Gasteiger partial charge in [-0.3, -0.25) is 19.8 Å². The van der Waals surface area contributed by atoms with Crippen LogP contribution >= 0.6 is 0 Å². The van der Waals surface area contributed by atoms with Crippen molar-refractivity contribution in [2.24, 2.45) is 11.8 Å². The van der Waals surface area contributed by atoms with E-state index in [1.165, 1.54) is 0 Å². The third-order valence-electron chi connectivity index (χ3n) is 6.19. The smallest absolute Gasteiger partial charge is 0.408 e. The van der Waals surface area contributed by atoms with E-state index in [2.05, 4.69) is 21.4 Å². The molecule has 0 bridgehead atoms. The Bertz CT molecular complexity index is 1240. The number of hydrazine groups is 1. The number of nitrogens with two attached hydrogens (primary N) is 1. The van der Waals surface area contributed by atoms with Gasteiger partial charge in [0.2, 0.25) is 11.8 Å². The monoisotopic (exact) mass is 611 g/mol. The Balaban J connectivity index is 2.23. The van der Waals surface area contributed by atoms with Gasteiger partial charge < -0.3 is 25.4 Å². The maximum Gasteiger partial charge on any atom is 0.408 e. The van der Waals surface area contributed by atoms with Gasteiger partial charge >= 0.3 is 6.09 Å². The molecular formula is C33H49N5O6. The summed E-state index contributed by atoms with van der Waals surface area (Å²) in [5.41, 5.74) is 2.56. The second-order valence-electron chi connectivity index (χ2n) is 13.2. The molecule has 2 aromatic carbocycles. The van der Waals surface area contributed by atoms with Gasteiger partial charge in [-0.25, -0.2) is 10.6 Å². The van der Waals surface area contributed by atoms with E-state index in [1.807, 2.05) is 77.1 Å². The van der Waals surface area contributed by atoms with Crippen LogP contribution in [0, 0.1) is 5.92 Å². The zero-order valence-electron chi connectivity index (χ0n) is 27.2. The predicted molar refractivity (Wildman–Crippen MR) is 169 cm³/mol. The van der Waals surface area contributed by atoms with Crippen molar-refractivity contribution in [1.29, 1.82) is 0 Å². The Morgan fingerprint density at radius 1 is 0.682 bits per heavy atom. The summed E-state index contributed by atoms with van der Waals surface area (Å²) in [6.07, 6.45) is -0.131. The molecule has 2 aromatic rings. The fourth-order valence-corrected chi connectivity index (χ4v) is 4.35. The molecule has 0 aliphatic carbocycles. The van der Waals surface area contributed by atoms with Crippen molar-refractivity contribution in [3.8, 4) is 5.75 Å². The third kappa shape index (κ3) is 13.5. The molecule has 0 heterocycles. The van der Waals surface area contributed by atoms with E-state index in [-0.39, 0.29) is 30.8 Å². The second-order valence-corrected chi connectivity index (χ2v) is 13.2. The van der Waals surface area contributed by atoms with Gasteiger partial charge in [-0.05, 0) is 77.1 Å². The summed E-state index contributed by atoms with van der Waals surface area (Å²) in [4.78, 5) is 52.4. The lowest BCUT2D eigenvalue weighted by atomic mass is 10.00. The molecule has 4 amide bonds. The fourth-order valence-electron chi connectivity index (χ4n) is 4.35. The van der Waals surface area contributed by atoms with Crippen LogP contribution in [-0.2, 0) is 32.0 Å². The summed E-state index contributed by atoms with van der Waals surface area (Å²) in [6, 6.07) is 13.4. The number of hydrogen-bond donors (Lipinski definition) is 5. The highest BCUT2D eigenvalue weighted by atomic mass is 16.6. The highest BCUT2D eigenvalue weighted by Gasteiger charge is 2.31. The number of benzene rings is 2. The van der Waals surface area contributed by atoms with Gasteiger partial charge in [-0.1, -0.05) is 56.3 Å². The second kappa shape index (κ2) is 16.1. The molecule has 242 valence electrons. The Labute approximate surface area is 261 Å². The maximum absolute atomic E-state index is 13.6. The van der Waals surface area contributed by atoms with Crippen molar-refractivity contribution in [3.63, 3.8) is 0 Å². The molecule has 0 aromatic heterocycles. The Morgan fingerprint density at radius 3 is 1.68 bits per heavy atom. The van der Waals surface area contributed by atoms with Crippen LogP contribution < -0.4 is 32.0 Å². The van der Waals surface area contributed by atoms with Gasteiger partial charge in [0.1, 0.15) is 35.1 Å². The first-order valence-corrected chi connectivity index (χ1v) is 14.9. The molecule has 0 aliphatic rings. The number of hydrogen-bond acceptors (Lipinski definition) is 7. The summed E-state index contributed by atoms with van der Waals surface area (Å²) >= 11 is 0. The van der Waals surface area contributed by atoms with E-state index in [0.717, 1.165) is 11.1 Å². The minimum absolute atomic E-state index is 0.0228. The molecule has 0 fully saturated rings. The highest BCUT2D eigenvalue weighted by molar-refractivity contribution is 5.94. The van der Waals surface area contributed by atoms with E-state index >= 15 is 0 Å². The van der Waals surface area contributed by atoms with E-state index in [4.69, 9.17) is 15.3 Å². The number of rotatable bonds is 13. The van der Waals surface area contributed by atoms with Gasteiger partial charge in [-0.15, -0.1) is 0 Å². The molecule has 0 aliphatic heterocycles. The highest BCUT2D eigenvalue weighted by Crippen LogP contribution is 2.19. The lowest BCUT2D eigenvalue weighted by Crippen LogP contribution is -2.58. The fraction of sp³-hybridized carbons (Fsp3) is 0.515. The quantitative estimate of drug-likeness (QED) is 0.132. The van der Waals surface area contributed by atoms with Gasteiger partial charge in [0, 0.05) is 12.8 Å². The molecule has 11 heteroatoms. The largest absolute Gasteiger partial charge is 0.488 e. The van der Waals surface area contributed by atoms with Gasteiger partial charge in [0.05, 0.1) is 0 Å². The molecule has 11 nitrogen and oxygen atoms in total. The topological polar surface area (TPSA) is 161 Å². The van der Waals surface area contributed by atoms with Crippen molar-refractivity contribution in [2.45, 2.75) is 104 Å². The summed E-state index contributed by atoms with van der Waals surface area (Å²) < 4.78 is 11.2. The van der Waals surface area contributed by atoms with Gasteiger partial charge in [-0.2, -0.15) is 0 Å². The molecule has 2 rings (SSSR count). The summed E-state index contributed by atoms with van der Waals surface area (Å²) in [5.74, 6) is 4.44. The molecule has 44 heavy (non-hydrogen) atoms. The molecule has 3 unspecified atom stereocenters. The van der Waals surface area contributed by atoms with E-state index in [9.17, 15) is 19.2 Å². The number of nitrogens with one attached hydrogen (secondary N) is 4. The third-order valence-corrected chi connectivity index (χ3v) is 6.19. The Morgan fingerprint density at radius 2 is 1.18 bits per heavy atom. The van der Waals surface area contributed by atoms with Crippen LogP contribution in [0.1, 0.15) is 72.9 Å². The number of ether oxygens (including phenoxy) is 2. The minimum Gasteiger partial charge on any atom is -0.488 e. The molecule has 0 spiro atoms. The van der Waals surface area contributed by atoms with Crippen molar-refractivity contribution in [3.05, 3.63) is 65.7 Å². The number of carbonyl (C=O) groups is 4. The van der Waals surface area contributed by atoms with Crippen molar-refractivity contribution in [1.82, 2.24) is 21.4 Å². The van der Waals surface area contributed by atoms with Crippen LogP contribution in [0.5, 0.6) is 5.75 Å². The Hall–Kier alpha value is -4.12. The van der Waals surface area contributed by atoms with E-state index in [0.29, 0.717) is 5.75 Å². The lowest BCUT2D eigenvalue weighted by Gasteiger charge is -2.27. The predicted octanol–water partition coefficient (Wildman–Crippen LogP) is 3.55. The van der Waals surface area contributed by atoms with Crippen molar-refractivity contribution < 1.29 is 28.7 Å². The van der Waals surface area contributed by atoms with Gasteiger partial charge in [0.15, 0.2) is 0 Å². The first-order valence-electron chi connectivity index (χ1n) is 14.9. The van der Waals surface area contributed by atoms with Crippen molar-refractivity contribution >= 4 is 23.8 Å². The SMILES string of the molecule is CC(C)CC(NC(=O)C(Cc1ccccc1)NC(=O)OC(C)(C)C)C(=O)NC(Cc1ccc(OC(C)(C)C)cc1)C(=O)NN. The summed E-state index contributed by atoms with van der Waals surface area (Å²) in [6.45, 7) is 14.8. The molecule has 0 saturated heterocycles. The molecule has 3 atom stereocenters. The molecular weight excluding hydrogens is 562 g/mol. The average Bonchev–Trinajstić information content (AvgIpc) is 2.91. The van der Waals surface area contributed by atoms with Crippen LogP contribution in [0.2, 0.25) is 0 Å². The van der Waals surface area contributed by atoms with E-state index < -0.39 is 47.5 Å². The van der Waals surface area contributed by atoms with Crippen LogP contribution in [-0.4, -0.2) is 53.1 Å². The maximum atomic E-state index is 13.6. The minimum atomic E-state index is -1.02. The number of alkyl carbamates (subject to hydrolysis) is 1. The average molecular weight is 612 g/mol. The van der Waals surface area contributed by atoms with Crippen molar-refractivity contribution in [2.75, 3.05) is 0 Å². The van der Waals surface area contributed by atoms with Crippen LogP contribution in [0.4, 0.5) is 4.79 Å². The normalized spacial score (nSPS) is 13.7. The van der Waals surface area contributed by atoms with Gasteiger partial charge in [0.25, 0.3) is 5.91 Å². The first-order chi connectivity index (χ1) is 20.5. The first kappa shape index (κ1) is 36.1.